The van der Waals surface area contributed by atoms with Crippen molar-refractivity contribution in [1.29, 1.82) is 0 Å². The Kier molecular flexibility index (Phi) is 4.52. The van der Waals surface area contributed by atoms with Crippen molar-refractivity contribution < 1.29 is 26.8 Å². The van der Waals surface area contributed by atoms with Crippen LogP contribution in [0, 0.1) is 11.6 Å². The van der Waals surface area contributed by atoms with Crippen LogP contribution in [-0.2, 0) is 10.3 Å². The Morgan fingerprint density at radius 2 is 1.93 bits per heavy atom. The van der Waals surface area contributed by atoms with Crippen LogP contribution in [0.1, 0.15) is 23.2 Å². The molecule has 0 radical (unpaired) electrons. The van der Waals surface area contributed by atoms with Gasteiger partial charge in [0.25, 0.3) is 12.3 Å². The predicted octanol–water partition coefficient (Wildman–Crippen LogP) is 2.98. The first kappa shape index (κ1) is 19.6. The first-order valence-electron chi connectivity index (χ1n) is 8.52. The van der Waals surface area contributed by atoms with Gasteiger partial charge in [-0.05, 0) is 35.4 Å². The molecule has 4 rings (SSSR count). The SMILES string of the molecule is CN1C(=O)C(c2ccnc(C(F)F)c2)(c2cc(F)c(F)c(-c3cocn3)c2)N=C1N. The first-order valence-corrected chi connectivity index (χ1v) is 8.52. The smallest absolute Gasteiger partial charge is 0.280 e. The van der Waals surface area contributed by atoms with E-state index in [1.54, 1.807) is 0 Å². The lowest BCUT2D eigenvalue weighted by molar-refractivity contribution is -0.129. The number of rotatable bonds is 4. The van der Waals surface area contributed by atoms with Crippen molar-refractivity contribution in [1.82, 2.24) is 14.9 Å². The largest absolute Gasteiger partial charge is 0.451 e. The van der Waals surface area contributed by atoms with Crippen LogP contribution in [-0.4, -0.2) is 33.8 Å². The van der Waals surface area contributed by atoms with Crippen LogP contribution in [0.2, 0.25) is 0 Å². The number of carbonyl (C=O) groups excluding carboxylic acids is 1. The quantitative estimate of drug-likeness (QED) is 0.656. The van der Waals surface area contributed by atoms with E-state index < -0.39 is 35.2 Å². The van der Waals surface area contributed by atoms with Gasteiger partial charge in [0.2, 0.25) is 0 Å². The van der Waals surface area contributed by atoms with Crippen molar-refractivity contribution in [3.8, 4) is 11.3 Å². The third-order valence-electron chi connectivity index (χ3n) is 4.82. The Morgan fingerprint density at radius 1 is 1.17 bits per heavy atom. The number of nitrogens with two attached hydrogens (primary N) is 1. The highest BCUT2D eigenvalue weighted by Crippen LogP contribution is 2.42. The van der Waals surface area contributed by atoms with E-state index in [0.29, 0.717) is 0 Å². The number of hydrogen-bond donors (Lipinski definition) is 1. The third kappa shape index (κ3) is 2.81. The number of amides is 1. The van der Waals surface area contributed by atoms with E-state index in [-0.39, 0.29) is 28.3 Å². The zero-order valence-corrected chi connectivity index (χ0v) is 15.3. The lowest BCUT2D eigenvalue weighted by Crippen LogP contribution is -2.41. The van der Waals surface area contributed by atoms with Gasteiger partial charge < -0.3 is 10.2 Å². The number of hydrogen-bond acceptors (Lipinski definition) is 6. The minimum Gasteiger partial charge on any atom is -0.451 e. The second kappa shape index (κ2) is 6.94. The highest BCUT2D eigenvalue weighted by molar-refractivity contribution is 6.09. The molecule has 3 heterocycles. The molecule has 1 amide bonds. The molecule has 0 fully saturated rings. The summed E-state index contributed by atoms with van der Waals surface area (Å²) in [4.78, 5) is 25.7. The van der Waals surface area contributed by atoms with E-state index in [9.17, 15) is 22.4 Å². The van der Waals surface area contributed by atoms with E-state index in [0.717, 1.165) is 42.0 Å². The van der Waals surface area contributed by atoms with Crippen molar-refractivity contribution >= 4 is 11.9 Å². The molecule has 1 aliphatic heterocycles. The number of halogens is 4. The highest BCUT2D eigenvalue weighted by Gasteiger charge is 2.50. The second-order valence-electron chi connectivity index (χ2n) is 6.51. The maximum absolute atomic E-state index is 14.5. The van der Waals surface area contributed by atoms with Crippen molar-refractivity contribution in [3.05, 3.63) is 71.6 Å². The molecular weight excluding hydrogens is 406 g/mol. The fourth-order valence-corrected chi connectivity index (χ4v) is 3.31. The summed E-state index contributed by atoms with van der Waals surface area (Å²) in [5.41, 5.74) is 2.72. The summed E-state index contributed by atoms with van der Waals surface area (Å²) in [6.45, 7) is 0. The minimum absolute atomic E-state index is 0.0257. The Morgan fingerprint density at radius 3 is 2.53 bits per heavy atom. The molecule has 1 atom stereocenters. The molecule has 2 aromatic heterocycles. The van der Waals surface area contributed by atoms with Gasteiger partial charge in [0.05, 0.1) is 0 Å². The zero-order valence-electron chi connectivity index (χ0n) is 15.3. The van der Waals surface area contributed by atoms with Gasteiger partial charge in [-0.15, -0.1) is 0 Å². The van der Waals surface area contributed by atoms with Crippen LogP contribution in [0.25, 0.3) is 11.3 Å². The number of carbonyl (C=O) groups is 1. The van der Waals surface area contributed by atoms with Crippen molar-refractivity contribution in [2.75, 3.05) is 7.05 Å². The topological polar surface area (TPSA) is 97.6 Å². The van der Waals surface area contributed by atoms with Crippen LogP contribution in [0.4, 0.5) is 17.6 Å². The fraction of sp³-hybridized carbons (Fsp3) is 0.158. The molecule has 1 aliphatic rings. The summed E-state index contributed by atoms with van der Waals surface area (Å²) in [7, 11) is 1.33. The van der Waals surface area contributed by atoms with Crippen LogP contribution >= 0.6 is 0 Å². The molecule has 30 heavy (non-hydrogen) atoms. The number of oxazole rings is 1. The van der Waals surface area contributed by atoms with Crippen LogP contribution in [0.5, 0.6) is 0 Å². The Hall–Kier alpha value is -3.76. The Labute approximate surface area is 166 Å². The summed E-state index contributed by atoms with van der Waals surface area (Å²) in [6.07, 6.45) is 0.273. The summed E-state index contributed by atoms with van der Waals surface area (Å²) in [5.74, 6) is -3.46. The first-order chi connectivity index (χ1) is 14.3. The van der Waals surface area contributed by atoms with Gasteiger partial charge in [0, 0.05) is 18.8 Å². The Balaban J connectivity index is 2.02. The number of nitrogens with zero attached hydrogens (tertiary/aromatic N) is 4. The molecule has 0 spiro atoms. The zero-order chi connectivity index (χ0) is 21.6. The van der Waals surface area contributed by atoms with Gasteiger partial charge in [-0.1, -0.05) is 0 Å². The number of aliphatic imine (C=N–C) groups is 1. The van der Waals surface area contributed by atoms with Crippen molar-refractivity contribution in [2.24, 2.45) is 10.7 Å². The molecule has 154 valence electrons. The summed E-state index contributed by atoms with van der Waals surface area (Å²) in [6, 6.07) is 4.20. The molecule has 1 unspecified atom stereocenters. The van der Waals surface area contributed by atoms with E-state index in [4.69, 9.17) is 10.2 Å². The van der Waals surface area contributed by atoms with E-state index in [2.05, 4.69) is 15.0 Å². The lowest BCUT2D eigenvalue weighted by atomic mass is 9.82. The van der Waals surface area contributed by atoms with E-state index in [1.807, 2.05) is 0 Å². The van der Waals surface area contributed by atoms with Gasteiger partial charge in [-0.3, -0.25) is 14.7 Å². The van der Waals surface area contributed by atoms with Gasteiger partial charge in [0.15, 0.2) is 29.5 Å². The summed E-state index contributed by atoms with van der Waals surface area (Å²) < 4.78 is 60.3. The number of guanidine groups is 1. The minimum atomic E-state index is -2.92. The van der Waals surface area contributed by atoms with Gasteiger partial charge in [0.1, 0.15) is 17.7 Å². The molecule has 7 nitrogen and oxygen atoms in total. The molecule has 2 N–H and O–H groups in total. The lowest BCUT2D eigenvalue weighted by Gasteiger charge is -2.27. The molecule has 0 saturated heterocycles. The molecule has 0 bridgehead atoms. The van der Waals surface area contributed by atoms with Gasteiger partial charge in [-0.2, -0.15) is 0 Å². The van der Waals surface area contributed by atoms with Gasteiger partial charge >= 0.3 is 0 Å². The summed E-state index contributed by atoms with van der Waals surface area (Å²) in [5, 5.41) is 0. The van der Waals surface area contributed by atoms with E-state index >= 15 is 0 Å². The highest BCUT2D eigenvalue weighted by atomic mass is 19.3. The van der Waals surface area contributed by atoms with Crippen LogP contribution < -0.4 is 5.73 Å². The number of aromatic nitrogens is 2. The van der Waals surface area contributed by atoms with Crippen molar-refractivity contribution in [2.45, 2.75) is 12.0 Å². The molecular formula is C19H13F4N5O2. The average Bonchev–Trinajstić information content (AvgIpc) is 3.34. The number of pyridine rings is 1. The van der Waals surface area contributed by atoms with Crippen LogP contribution in [0.3, 0.4) is 0 Å². The van der Waals surface area contributed by atoms with Crippen LogP contribution in [0.15, 0.2) is 52.5 Å². The monoisotopic (exact) mass is 419 g/mol. The molecule has 11 heteroatoms. The summed E-state index contributed by atoms with van der Waals surface area (Å²) >= 11 is 0. The molecule has 0 saturated carbocycles. The van der Waals surface area contributed by atoms with Gasteiger partial charge in [-0.25, -0.2) is 27.5 Å². The third-order valence-corrected chi connectivity index (χ3v) is 4.82. The Bertz CT molecular complexity index is 1170. The molecule has 0 aliphatic carbocycles. The maximum Gasteiger partial charge on any atom is 0.280 e. The maximum atomic E-state index is 14.5. The normalized spacial score (nSPS) is 18.9. The average molecular weight is 419 g/mol. The number of benzene rings is 1. The number of alkyl halides is 2. The van der Waals surface area contributed by atoms with E-state index in [1.165, 1.54) is 13.1 Å². The molecule has 1 aromatic carbocycles. The fourth-order valence-electron chi connectivity index (χ4n) is 3.31. The standard InChI is InChI=1S/C19H13F4N5O2/c1-28-17(29)19(27-18(28)24,9-2-3-25-13(6-9)16(22)23)10-4-11(14-7-30-8-26-14)15(21)12(20)5-10/h2-8,16H,1H3,(H2,24,27). The molecule has 3 aromatic rings. The predicted molar refractivity (Wildman–Crippen MR) is 96.2 cm³/mol. The number of likely N-dealkylation sites (N-methyl/N-ethyl adjacent to an activating group) is 1. The second-order valence-corrected chi connectivity index (χ2v) is 6.51. The van der Waals surface area contributed by atoms with Crippen molar-refractivity contribution in [3.63, 3.8) is 0 Å².